The summed E-state index contributed by atoms with van der Waals surface area (Å²) >= 11 is 0. The smallest absolute Gasteiger partial charge is 0.183 e. The van der Waals surface area contributed by atoms with Crippen molar-refractivity contribution in [2.45, 2.75) is 24.6 Å². The van der Waals surface area contributed by atoms with E-state index in [0.29, 0.717) is 6.61 Å². The van der Waals surface area contributed by atoms with Crippen LogP contribution >= 0.6 is 0 Å². The molecule has 0 aromatic carbocycles. The van der Waals surface area contributed by atoms with E-state index in [-0.39, 0.29) is 12.2 Å². The van der Waals surface area contributed by atoms with Crippen LogP contribution in [-0.2, 0) is 18.9 Å². The van der Waals surface area contributed by atoms with E-state index in [1.54, 1.807) is 14.2 Å². The molecule has 1 aliphatic heterocycles. The molecule has 5 heteroatoms. The standard InChI is InChI=1S/C8H16O5/c1-10-5-4-13-8(9)7(12-3)6(5)11-2/h5-9H,4H2,1-3H3/t5-,6+,7+,8+/m1/s1. The normalized spacial score (nSPS) is 40.6. The van der Waals surface area contributed by atoms with Crippen LogP contribution in [0.3, 0.4) is 0 Å². The predicted octanol–water partition coefficient (Wildman–Crippen LogP) is -0.620. The lowest BCUT2D eigenvalue weighted by Crippen LogP contribution is -2.55. The highest BCUT2D eigenvalue weighted by Crippen LogP contribution is 2.20. The number of hydrogen-bond acceptors (Lipinski definition) is 5. The van der Waals surface area contributed by atoms with Crippen LogP contribution in [0, 0.1) is 0 Å². The molecule has 1 rings (SSSR count). The molecule has 1 saturated heterocycles. The molecule has 0 radical (unpaired) electrons. The Morgan fingerprint density at radius 1 is 1.08 bits per heavy atom. The summed E-state index contributed by atoms with van der Waals surface area (Å²) in [5.74, 6) is 0. The second kappa shape index (κ2) is 4.88. The van der Waals surface area contributed by atoms with Gasteiger partial charge in [0.05, 0.1) is 6.61 Å². The van der Waals surface area contributed by atoms with E-state index in [9.17, 15) is 5.11 Å². The summed E-state index contributed by atoms with van der Waals surface area (Å²) in [5.41, 5.74) is 0. The molecule has 0 spiro atoms. The molecule has 0 aromatic heterocycles. The molecule has 0 saturated carbocycles. The van der Waals surface area contributed by atoms with Crippen molar-refractivity contribution in [1.82, 2.24) is 0 Å². The topological polar surface area (TPSA) is 57.2 Å². The molecule has 1 aliphatic rings. The highest BCUT2D eigenvalue weighted by atomic mass is 16.7. The largest absolute Gasteiger partial charge is 0.376 e. The van der Waals surface area contributed by atoms with Crippen molar-refractivity contribution in [1.29, 1.82) is 0 Å². The van der Waals surface area contributed by atoms with Crippen molar-refractivity contribution in [3.8, 4) is 0 Å². The van der Waals surface area contributed by atoms with E-state index in [1.807, 2.05) is 0 Å². The van der Waals surface area contributed by atoms with Gasteiger partial charge in [-0.3, -0.25) is 0 Å². The number of ether oxygens (including phenoxy) is 4. The van der Waals surface area contributed by atoms with Gasteiger partial charge >= 0.3 is 0 Å². The summed E-state index contributed by atoms with van der Waals surface area (Å²) in [4.78, 5) is 0. The van der Waals surface area contributed by atoms with Gasteiger partial charge in [-0.25, -0.2) is 0 Å². The monoisotopic (exact) mass is 192 g/mol. The molecule has 4 atom stereocenters. The first-order valence-electron chi connectivity index (χ1n) is 4.12. The van der Waals surface area contributed by atoms with E-state index in [2.05, 4.69) is 0 Å². The summed E-state index contributed by atoms with van der Waals surface area (Å²) in [6, 6.07) is 0. The average Bonchev–Trinajstić information content (AvgIpc) is 2.17. The fraction of sp³-hybridized carbons (Fsp3) is 1.00. The Bertz CT molecular complexity index is 151. The first-order chi connectivity index (χ1) is 6.24. The maximum absolute atomic E-state index is 9.40. The molecule has 5 nitrogen and oxygen atoms in total. The summed E-state index contributed by atoms with van der Waals surface area (Å²) < 4.78 is 20.4. The lowest BCUT2D eigenvalue weighted by Gasteiger charge is -2.38. The molecule has 1 N–H and O–H groups in total. The van der Waals surface area contributed by atoms with Crippen LogP contribution in [0.2, 0.25) is 0 Å². The lowest BCUT2D eigenvalue weighted by atomic mass is 10.1. The van der Waals surface area contributed by atoms with Crippen LogP contribution in [0.5, 0.6) is 0 Å². The Morgan fingerprint density at radius 2 is 1.69 bits per heavy atom. The molecular formula is C8H16O5. The molecule has 0 bridgehead atoms. The van der Waals surface area contributed by atoms with Gasteiger partial charge in [0.2, 0.25) is 0 Å². The number of hydrogen-bond donors (Lipinski definition) is 1. The van der Waals surface area contributed by atoms with E-state index < -0.39 is 12.4 Å². The van der Waals surface area contributed by atoms with Crippen molar-refractivity contribution in [3.63, 3.8) is 0 Å². The minimum absolute atomic E-state index is 0.196. The molecule has 0 unspecified atom stereocenters. The number of aliphatic hydroxyl groups excluding tert-OH is 1. The van der Waals surface area contributed by atoms with Gasteiger partial charge in [-0.2, -0.15) is 0 Å². The molecule has 1 fully saturated rings. The van der Waals surface area contributed by atoms with Crippen LogP contribution in [0.4, 0.5) is 0 Å². The third kappa shape index (κ3) is 2.18. The zero-order chi connectivity index (χ0) is 9.84. The van der Waals surface area contributed by atoms with E-state index in [4.69, 9.17) is 18.9 Å². The summed E-state index contributed by atoms with van der Waals surface area (Å²) in [5, 5.41) is 9.40. The molecular weight excluding hydrogens is 176 g/mol. The minimum atomic E-state index is -0.943. The Morgan fingerprint density at radius 3 is 2.15 bits per heavy atom. The zero-order valence-electron chi connectivity index (χ0n) is 8.10. The third-order valence-corrected chi connectivity index (χ3v) is 2.25. The highest BCUT2D eigenvalue weighted by molar-refractivity contribution is 4.85. The Hall–Kier alpha value is -0.200. The molecule has 13 heavy (non-hydrogen) atoms. The van der Waals surface area contributed by atoms with E-state index in [0.717, 1.165) is 0 Å². The van der Waals surface area contributed by atoms with Crippen molar-refractivity contribution < 1.29 is 24.1 Å². The molecule has 0 aliphatic carbocycles. The van der Waals surface area contributed by atoms with Crippen molar-refractivity contribution in [3.05, 3.63) is 0 Å². The first kappa shape index (κ1) is 10.9. The summed E-state index contributed by atoms with van der Waals surface area (Å²) in [6.45, 7) is 0.316. The second-order valence-corrected chi connectivity index (χ2v) is 2.90. The van der Waals surface area contributed by atoms with Gasteiger partial charge in [-0.15, -0.1) is 0 Å². The van der Waals surface area contributed by atoms with Gasteiger partial charge in [0.1, 0.15) is 18.3 Å². The van der Waals surface area contributed by atoms with Crippen LogP contribution in [0.25, 0.3) is 0 Å². The van der Waals surface area contributed by atoms with Gasteiger partial charge in [-0.1, -0.05) is 0 Å². The van der Waals surface area contributed by atoms with E-state index in [1.165, 1.54) is 7.11 Å². The molecule has 78 valence electrons. The summed E-state index contributed by atoms with van der Waals surface area (Å²) in [6.07, 6.45) is -1.93. The second-order valence-electron chi connectivity index (χ2n) is 2.90. The van der Waals surface area contributed by atoms with Crippen LogP contribution in [-0.4, -0.2) is 57.6 Å². The number of rotatable bonds is 3. The Balaban J connectivity index is 2.64. The zero-order valence-corrected chi connectivity index (χ0v) is 8.10. The highest BCUT2D eigenvalue weighted by Gasteiger charge is 2.40. The molecule has 1 heterocycles. The van der Waals surface area contributed by atoms with Crippen molar-refractivity contribution >= 4 is 0 Å². The Labute approximate surface area is 77.5 Å². The van der Waals surface area contributed by atoms with Crippen molar-refractivity contribution in [2.24, 2.45) is 0 Å². The SMILES string of the molecule is CO[C@@H]1[C@H](OC)[C@@H](O)OC[C@H]1OC. The van der Waals surface area contributed by atoms with Gasteiger partial charge in [0.15, 0.2) is 6.29 Å². The summed E-state index contributed by atoms with van der Waals surface area (Å²) in [7, 11) is 4.63. The molecule has 0 aromatic rings. The number of aliphatic hydroxyl groups is 1. The maximum Gasteiger partial charge on any atom is 0.183 e. The van der Waals surface area contributed by atoms with Crippen LogP contribution < -0.4 is 0 Å². The van der Waals surface area contributed by atoms with Gasteiger partial charge in [0.25, 0.3) is 0 Å². The minimum Gasteiger partial charge on any atom is -0.376 e. The lowest BCUT2D eigenvalue weighted by molar-refractivity contribution is -0.267. The fourth-order valence-electron chi connectivity index (χ4n) is 1.50. The van der Waals surface area contributed by atoms with Crippen LogP contribution in [0.15, 0.2) is 0 Å². The van der Waals surface area contributed by atoms with Crippen LogP contribution in [0.1, 0.15) is 0 Å². The van der Waals surface area contributed by atoms with Gasteiger partial charge < -0.3 is 24.1 Å². The van der Waals surface area contributed by atoms with Gasteiger partial charge in [-0.05, 0) is 0 Å². The van der Waals surface area contributed by atoms with Gasteiger partial charge in [0, 0.05) is 21.3 Å². The first-order valence-corrected chi connectivity index (χ1v) is 4.12. The predicted molar refractivity (Wildman–Crippen MR) is 44.3 cm³/mol. The van der Waals surface area contributed by atoms with E-state index >= 15 is 0 Å². The maximum atomic E-state index is 9.40. The number of methoxy groups -OCH3 is 3. The molecule has 0 amide bonds. The van der Waals surface area contributed by atoms with Crippen molar-refractivity contribution in [2.75, 3.05) is 27.9 Å². The quantitative estimate of drug-likeness (QED) is 0.646. The fourth-order valence-corrected chi connectivity index (χ4v) is 1.50. The third-order valence-electron chi connectivity index (χ3n) is 2.25. The Kier molecular flexibility index (Phi) is 4.08. The average molecular weight is 192 g/mol.